The minimum absolute atomic E-state index is 0.0267. The number of para-hydroxylation sites is 1. The van der Waals surface area contributed by atoms with Gasteiger partial charge in [-0.3, -0.25) is 14.2 Å². The lowest BCUT2D eigenvalue weighted by atomic mass is 9.84. The first-order chi connectivity index (χ1) is 13.1. The predicted molar refractivity (Wildman–Crippen MR) is 99.3 cm³/mol. The van der Waals surface area contributed by atoms with Gasteiger partial charge in [-0.05, 0) is 37.3 Å². The van der Waals surface area contributed by atoms with Crippen LogP contribution in [0.5, 0.6) is 0 Å². The van der Waals surface area contributed by atoms with E-state index in [1.54, 1.807) is 23.1 Å². The molecule has 2 aliphatic rings. The summed E-state index contributed by atoms with van der Waals surface area (Å²) >= 11 is 0. The number of amides is 1. The van der Waals surface area contributed by atoms with Gasteiger partial charge in [0.15, 0.2) is 0 Å². The third-order valence-electron chi connectivity index (χ3n) is 5.96. The molecular weight excluding hydrogens is 346 g/mol. The number of aromatic nitrogens is 2. The van der Waals surface area contributed by atoms with Crippen LogP contribution in [0.1, 0.15) is 38.5 Å². The number of aliphatic carboxylic acids is 1. The van der Waals surface area contributed by atoms with E-state index in [4.69, 9.17) is 0 Å². The number of benzene rings is 1. The Morgan fingerprint density at radius 2 is 1.96 bits per heavy atom. The van der Waals surface area contributed by atoms with E-state index >= 15 is 0 Å². The normalized spacial score (nSPS) is 24.7. The summed E-state index contributed by atoms with van der Waals surface area (Å²) in [6.45, 7) is 0.204. The minimum atomic E-state index is -0.928. The number of carboxylic acid groups (broad SMARTS) is 1. The van der Waals surface area contributed by atoms with E-state index < -0.39 is 12.0 Å². The van der Waals surface area contributed by atoms with Crippen LogP contribution in [0.2, 0.25) is 0 Å². The van der Waals surface area contributed by atoms with Crippen molar-refractivity contribution in [3.8, 4) is 0 Å². The highest BCUT2D eigenvalue weighted by Crippen LogP contribution is 2.40. The molecule has 0 radical (unpaired) electrons. The molecule has 3 unspecified atom stereocenters. The van der Waals surface area contributed by atoms with Crippen molar-refractivity contribution < 1.29 is 14.7 Å². The fraction of sp³-hybridized carbons (Fsp3) is 0.500. The molecular formula is C20H23N3O4. The molecule has 1 aromatic carbocycles. The van der Waals surface area contributed by atoms with Crippen LogP contribution < -0.4 is 5.56 Å². The van der Waals surface area contributed by atoms with Gasteiger partial charge < -0.3 is 10.0 Å². The maximum atomic E-state index is 12.9. The second-order valence-electron chi connectivity index (χ2n) is 7.51. The summed E-state index contributed by atoms with van der Waals surface area (Å²) in [6, 6.07) is 6.39. The van der Waals surface area contributed by atoms with Crippen LogP contribution in [0.15, 0.2) is 35.4 Å². The Morgan fingerprint density at radius 3 is 2.78 bits per heavy atom. The third-order valence-corrected chi connectivity index (χ3v) is 5.96. The average molecular weight is 369 g/mol. The van der Waals surface area contributed by atoms with Gasteiger partial charge in [0.2, 0.25) is 5.91 Å². The maximum Gasteiger partial charge on any atom is 0.326 e. The molecule has 2 heterocycles. The second-order valence-corrected chi connectivity index (χ2v) is 7.51. The highest BCUT2D eigenvalue weighted by molar-refractivity contribution is 5.85. The van der Waals surface area contributed by atoms with Gasteiger partial charge >= 0.3 is 5.97 Å². The number of fused-ring (bicyclic) bond motifs is 2. The average Bonchev–Trinajstić information content (AvgIpc) is 3.07. The summed E-state index contributed by atoms with van der Waals surface area (Å²) in [5.74, 6) is -0.826. The number of nitrogens with zero attached hydrogens (tertiary/aromatic N) is 3. The summed E-state index contributed by atoms with van der Waals surface area (Å²) in [4.78, 5) is 43.0. The fourth-order valence-corrected chi connectivity index (χ4v) is 4.65. The molecule has 1 saturated carbocycles. The van der Waals surface area contributed by atoms with Crippen molar-refractivity contribution in [2.45, 2.75) is 57.2 Å². The van der Waals surface area contributed by atoms with Crippen LogP contribution in [-0.4, -0.2) is 43.5 Å². The number of hydrogen-bond acceptors (Lipinski definition) is 4. The van der Waals surface area contributed by atoms with Crippen LogP contribution in [0.25, 0.3) is 10.9 Å². The lowest BCUT2D eigenvalue weighted by Gasteiger charge is -2.33. The second kappa shape index (κ2) is 7.13. The Bertz CT molecular complexity index is 938. The molecule has 7 heteroatoms. The molecule has 142 valence electrons. The van der Waals surface area contributed by atoms with Gasteiger partial charge in [0.1, 0.15) is 6.04 Å². The zero-order chi connectivity index (χ0) is 19.0. The first-order valence-electron chi connectivity index (χ1n) is 9.54. The Morgan fingerprint density at radius 1 is 1.19 bits per heavy atom. The van der Waals surface area contributed by atoms with Crippen LogP contribution in [-0.2, 0) is 16.1 Å². The zero-order valence-electron chi connectivity index (χ0n) is 15.1. The molecule has 7 nitrogen and oxygen atoms in total. The van der Waals surface area contributed by atoms with Crippen LogP contribution in [0.4, 0.5) is 0 Å². The summed E-state index contributed by atoms with van der Waals surface area (Å²) in [7, 11) is 0. The zero-order valence-corrected chi connectivity index (χ0v) is 15.1. The maximum absolute atomic E-state index is 12.9. The molecule has 1 N–H and O–H groups in total. The van der Waals surface area contributed by atoms with Crippen molar-refractivity contribution in [1.29, 1.82) is 0 Å². The molecule has 0 spiro atoms. The van der Waals surface area contributed by atoms with Gasteiger partial charge in [-0.1, -0.05) is 25.0 Å². The monoisotopic (exact) mass is 369 g/mol. The Hall–Kier alpha value is -2.70. The lowest BCUT2D eigenvalue weighted by molar-refractivity contribution is -0.150. The van der Waals surface area contributed by atoms with Crippen molar-refractivity contribution in [3.63, 3.8) is 0 Å². The first kappa shape index (κ1) is 17.7. The predicted octanol–water partition coefficient (Wildman–Crippen LogP) is 2.03. The molecule has 2 aromatic rings. The van der Waals surface area contributed by atoms with E-state index in [0.29, 0.717) is 17.3 Å². The van der Waals surface area contributed by atoms with Crippen LogP contribution in [0.3, 0.4) is 0 Å². The number of rotatable bonds is 4. The molecule has 0 bridgehead atoms. The van der Waals surface area contributed by atoms with Crippen molar-refractivity contribution in [1.82, 2.24) is 14.5 Å². The SMILES string of the molecule is O=C(O)C1CC2CCCCC2N1C(=O)CCn1cnc2ccccc2c1=O. The van der Waals surface area contributed by atoms with Crippen molar-refractivity contribution in [3.05, 3.63) is 40.9 Å². The molecule has 1 amide bonds. The standard InChI is InChI=1S/C20H23N3O4/c24-18(23-16-8-4-1-5-13(16)11-17(23)20(26)27)9-10-22-12-21-15-7-3-2-6-14(15)19(22)25/h2-3,6-7,12-13,16-17H,1,4-5,8-11H2,(H,26,27). The van der Waals surface area contributed by atoms with Crippen LogP contribution in [0, 0.1) is 5.92 Å². The number of aryl methyl sites for hydroxylation is 1. The van der Waals surface area contributed by atoms with Crippen LogP contribution >= 0.6 is 0 Å². The number of carbonyl (C=O) groups excluding carboxylic acids is 1. The van der Waals surface area contributed by atoms with Gasteiger partial charge in [-0.2, -0.15) is 0 Å². The third kappa shape index (κ3) is 3.22. The van der Waals surface area contributed by atoms with Gasteiger partial charge in [0.05, 0.1) is 17.2 Å². The summed E-state index contributed by atoms with van der Waals surface area (Å²) in [6.07, 6.45) is 6.11. The van der Waals surface area contributed by atoms with E-state index in [9.17, 15) is 19.5 Å². The van der Waals surface area contributed by atoms with E-state index in [0.717, 1.165) is 25.7 Å². The van der Waals surface area contributed by atoms with Gasteiger partial charge in [-0.15, -0.1) is 0 Å². The molecule has 1 aromatic heterocycles. The van der Waals surface area contributed by atoms with E-state index in [1.807, 2.05) is 6.07 Å². The van der Waals surface area contributed by atoms with E-state index in [-0.39, 0.29) is 36.4 Å². The first-order valence-corrected chi connectivity index (χ1v) is 9.54. The molecule has 2 fully saturated rings. The number of carbonyl (C=O) groups is 2. The molecule has 3 atom stereocenters. The Labute approximate surface area is 156 Å². The number of hydrogen-bond donors (Lipinski definition) is 1. The summed E-state index contributed by atoms with van der Waals surface area (Å²) < 4.78 is 1.43. The highest BCUT2D eigenvalue weighted by atomic mass is 16.4. The fourth-order valence-electron chi connectivity index (χ4n) is 4.65. The molecule has 1 aliphatic carbocycles. The smallest absolute Gasteiger partial charge is 0.326 e. The molecule has 1 aliphatic heterocycles. The lowest BCUT2D eigenvalue weighted by Crippen LogP contribution is -2.46. The van der Waals surface area contributed by atoms with Crippen molar-refractivity contribution >= 4 is 22.8 Å². The summed E-state index contributed by atoms with van der Waals surface area (Å²) in [5.41, 5.74) is 0.445. The topological polar surface area (TPSA) is 92.5 Å². The molecule has 1 saturated heterocycles. The van der Waals surface area contributed by atoms with Gasteiger partial charge in [0, 0.05) is 19.0 Å². The van der Waals surface area contributed by atoms with Gasteiger partial charge in [-0.25, -0.2) is 9.78 Å². The van der Waals surface area contributed by atoms with Gasteiger partial charge in [0.25, 0.3) is 5.56 Å². The largest absolute Gasteiger partial charge is 0.480 e. The molecule has 4 rings (SSSR count). The Balaban J connectivity index is 1.52. The minimum Gasteiger partial charge on any atom is -0.480 e. The van der Waals surface area contributed by atoms with Crippen molar-refractivity contribution in [2.75, 3.05) is 0 Å². The number of likely N-dealkylation sites (tertiary alicyclic amines) is 1. The number of carboxylic acids is 1. The highest BCUT2D eigenvalue weighted by Gasteiger charge is 2.47. The van der Waals surface area contributed by atoms with E-state index in [2.05, 4.69) is 4.98 Å². The van der Waals surface area contributed by atoms with Crippen molar-refractivity contribution in [2.24, 2.45) is 5.92 Å². The van der Waals surface area contributed by atoms with E-state index in [1.165, 1.54) is 10.9 Å². The Kier molecular flexibility index (Phi) is 4.68. The summed E-state index contributed by atoms with van der Waals surface area (Å²) in [5, 5.41) is 10.1. The molecule has 27 heavy (non-hydrogen) atoms. The quantitative estimate of drug-likeness (QED) is 0.890.